The lowest BCUT2D eigenvalue weighted by Gasteiger charge is -2.26. The molecule has 3 nitrogen and oxygen atoms in total. The van der Waals surface area contributed by atoms with Crippen LogP contribution in [0.3, 0.4) is 0 Å². The molecule has 0 unspecified atom stereocenters. The van der Waals surface area contributed by atoms with Crippen LogP contribution in [0.15, 0.2) is 0 Å². The molecule has 0 saturated carbocycles. The van der Waals surface area contributed by atoms with Gasteiger partial charge in [0.2, 0.25) is 0 Å². The first-order valence-corrected chi connectivity index (χ1v) is 3.13. The van der Waals surface area contributed by atoms with Gasteiger partial charge in [-0.15, -0.1) is 12.4 Å². The van der Waals surface area contributed by atoms with Crippen molar-refractivity contribution in [3.8, 4) is 0 Å². The lowest BCUT2D eigenvalue weighted by molar-refractivity contribution is -0.141. The van der Waals surface area contributed by atoms with Crippen molar-refractivity contribution in [2.45, 2.75) is 18.9 Å². The summed E-state index contributed by atoms with van der Waals surface area (Å²) >= 11 is 0. The SMILES string of the molecule is COC(=O)C[C@H]1CCN1.Cl. The largest absolute Gasteiger partial charge is 0.469 e. The van der Waals surface area contributed by atoms with Gasteiger partial charge < -0.3 is 10.1 Å². The van der Waals surface area contributed by atoms with Gasteiger partial charge in [0.15, 0.2) is 0 Å². The molecule has 0 radical (unpaired) electrons. The molecule has 0 aromatic rings. The molecule has 0 aromatic carbocycles. The number of nitrogens with one attached hydrogen (secondary N) is 1. The summed E-state index contributed by atoms with van der Waals surface area (Å²) in [7, 11) is 1.42. The number of hydrogen-bond acceptors (Lipinski definition) is 3. The van der Waals surface area contributed by atoms with Crippen LogP contribution < -0.4 is 5.32 Å². The minimum atomic E-state index is -0.118. The fraction of sp³-hybridized carbons (Fsp3) is 0.833. The van der Waals surface area contributed by atoms with Crippen LogP contribution in [-0.2, 0) is 9.53 Å². The molecule has 60 valence electrons. The van der Waals surface area contributed by atoms with Gasteiger partial charge in [0.05, 0.1) is 13.5 Å². The topological polar surface area (TPSA) is 38.3 Å². The van der Waals surface area contributed by atoms with Crippen molar-refractivity contribution >= 4 is 18.4 Å². The summed E-state index contributed by atoms with van der Waals surface area (Å²) in [6, 6.07) is 0.387. The number of carbonyl (C=O) groups is 1. The summed E-state index contributed by atoms with van der Waals surface area (Å²) < 4.78 is 4.48. The minimum Gasteiger partial charge on any atom is -0.469 e. The summed E-state index contributed by atoms with van der Waals surface area (Å²) in [4.78, 5) is 10.6. The summed E-state index contributed by atoms with van der Waals surface area (Å²) in [6.07, 6.45) is 1.63. The molecule has 4 heteroatoms. The van der Waals surface area contributed by atoms with Crippen LogP contribution in [0.5, 0.6) is 0 Å². The Hall–Kier alpha value is -0.280. The first-order valence-electron chi connectivity index (χ1n) is 3.13. The van der Waals surface area contributed by atoms with Crippen LogP contribution >= 0.6 is 12.4 Å². The third-order valence-electron chi connectivity index (χ3n) is 1.57. The Balaban J connectivity index is 0.000000810. The Morgan fingerprint density at radius 3 is 2.70 bits per heavy atom. The van der Waals surface area contributed by atoms with Gasteiger partial charge in [-0.1, -0.05) is 0 Å². The molecule has 10 heavy (non-hydrogen) atoms. The van der Waals surface area contributed by atoms with Crippen molar-refractivity contribution in [1.82, 2.24) is 5.32 Å². The van der Waals surface area contributed by atoms with E-state index in [1.54, 1.807) is 0 Å². The quantitative estimate of drug-likeness (QED) is 0.600. The molecule has 1 aliphatic rings. The Kier molecular flexibility index (Phi) is 4.40. The third-order valence-corrected chi connectivity index (χ3v) is 1.57. The number of ether oxygens (including phenoxy) is 1. The first-order chi connectivity index (χ1) is 4.33. The van der Waals surface area contributed by atoms with E-state index in [1.807, 2.05) is 0 Å². The van der Waals surface area contributed by atoms with Crippen LogP contribution in [0.2, 0.25) is 0 Å². The van der Waals surface area contributed by atoms with E-state index in [4.69, 9.17) is 0 Å². The summed E-state index contributed by atoms with van der Waals surface area (Å²) in [5, 5.41) is 3.11. The fourth-order valence-electron chi connectivity index (χ4n) is 0.807. The molecule has 0 spiro atoms. The summed E-state index contributed by atoms with van der Waals surface area (Å²) in [5.74, 6) is -0.118. The van der Waals surface area contributed by atoms with Crippen molar-refractivity contribution < 1.29 is 9.53 Å². The molecule has 1 N–H and O–H groups in total. The van der Waals surface area contributed by atoms with E-state index in [9.17, 15) is 4.79 Å². The highest BCUT2D eigenvalue weighted by Crippen LogP contribution is 2.06. The minimum absolute atomic E-state index is 0. The van der Waals surface area contributed by atoms with Gasteiger partial charge in [-0.05, 0) is 13.0 Å². The van der Waals surface area contributed by atoms with Crippen molar-refractivity contribution in [2.75, 3.05) is 13.7 Å². The van der Waals surface area contributed by atoms with Crippen LogP contribution in [0.4, 0.5) is 0 Å². The lowest BCUT2D eigenvalue weighted by Crippen LogP contribution is -2.44. The first kappa shape index (κ1) is 9.72. The zero-order chi connectivity index (χ0) is 6.69. The number of hydrogen-bond donors (Lipinski definition) is 1. The van der Waals surface area contributed by atoms with Gasteiger partial charge in [0.1, 0.15) is 0 Å². The van der Waals surface area contributed by atoms with E-state index < -0.39 is 0 Å². The number of rotatable bonds is 2. The fourth-order valence-corrected chi connectivity index (χ4v) is 0.807. The summed E-state index contributed by atoms with van der Waals surface area (Å²) in [5.41, 5.74) is 0. The molecule has 1 saturated heterocycles. The normalized spacial score (nSPS) is 22.3. The molecule has 1 fully saturated rings. The number of halogens is 1. The van der Waals surface area contributed by atoms with Crippen molar-refractivity contribution in [3.05, 3.63) is 0 Å². The van der Waals surface area contributed by atoms with E-state index in [0.717, 1.165) is 13.0 Å². The Morgan fingerprint density at radius 1 is 1.80 bits per heavy atom. The molecular weight excluding hydrogens is 154 g/mol. The lowest BCUT2D eigenvalue weighted by atomic mass is 10.0. The third kappa shape index (κ3) is 2.54. The van der Waals surface area contributed by atoms with Crippen LogP contribution in [-0.4, -0.2) is 25.7 Å². The second-order valence-corrected chi connectivity index (χ2v) is 2.22. The van der Waals surface area contributed by atoms with Crippen molar-refractivity contribution in [3.63, 3.8) is 0 Å². The maximum Gasteiger partial charge on any atom is 0.307 e. The maximum atomic E-state index is 10.6. The van der Waals surface area contributed by atoms with Gasteiger partial charge in [0.25, 0.3) is 0 Å². The van der Waals surface area contributed by atoms with Gasteiger partial charge in [-0.3, -0.25) is 4.79 Å². The molecule has 1 rings (SSSR count). The molecule has 1 heterocycles. The Labute approximate surface area is 66.5 Å². The zero-order valence-corrected chi connectivity index (χ0v) is 6.74. The second kappa shape index (κ2) is 4.52. The molecule has 1 atom stereocenters. The second-order valence-electron chi connectivity index (χ2n) is 2.22. The van der Waals surface area contributed by atoms with Gasteiger partial charge >= 0.3 is 5.97 Å². The maximum absolute atomic E-state index is 10.6. The van der Waals surface area contributed by atoms with Crippen LogP contribution in [0.1, 0.15) is 12.8 Å². The number of methoxy groups -OCH3 is 1. The Bertz CT molecular complexity index is 114. The summed E-state index contributed by atoms with van der Waals surface area (Å²) in [6.45, 7) is 1.04. The number of esters is 1. The van der Waals surface area contributed by atoms with Crippen molar-refractivity contribution in [1.29, 1.82) is 0 Å². The monoisotopic (exact) mass is 165 g/mol. The predicted octanol–water partition coefficient (Wildman–Crippen LogP) is 0.333. The molecule has 0 aliphatic carbocycles. The molecule has 0 amide bonds. The van der Waals surface area contributed by atoms with Gasteiger partial charge in [0, 0.05) is 6.04 Å². The van der Waals surface area contributed by atoms with E-state index in [-0.39, 0.29) is 18.4 Å². The van der Waals surface area contributed by atoms with Crippen molar-refractivity contribution in [2.24, 2.45) is 0 Å². The van der Waals surface area contributed by atoms with Crippen LogP contribution in [0, 0.1) is 0 Å². The highest BCUT2D eigenvalue weighted by Gasteiger charge is 2.19. The van der Waals surface area contributed by atoms with E-state index >= 15 is 0 Å². The van der Waals surface area contributed by atoms with E-state index in [1.165, 1.54) is 7.11 Å². The molecule has 0 aromatic heterocycles. The highest BCUT2D eigenvalue weighted by atomic mass is 35.5. The zero-order valence-electron chi connectivity index (χ0n) is 5.92. The van der Waals surface area contributed by atoms with E-state index in [0.29, 0.717) is 12.5 Å². The van der Waals surface area contributed by atoms with Crippen LogP contribution in [0.25, 0.3) is 0 Å². The molecule has 0 bridgehead atoms. The smallest absolute Gasteiger partial charge is 0.307 e. The average Bonchev–Trinajstić information content (AvgIpc) is 1.78. The van der Waals surface area contributed by atoms with Gasteiger partial charge in [-0.2, -0.15) is 0 Å². The highest BCUT2D eigenvalue weighted by molar-refractivity contribution is 5.85. The molecular formula is C6H12ClNO2. The standard InChI is InChI=1S/C6H11NO2.ClH/c1-9-6(8)4-5-2-3-7-5;/h5,7H,2-4H2,1H3;1H/t5-;/m1./s1. The van der Waals surface area contributed by atoms with Gasteiger partial charge in [-0.25, -0.2) is 0 Å². The average molecular weight is 166 g/mol. The Morgan fingerprint density at radius 2 is 2.40 bits per heavy atom. The van der Waals surface area contributed by atoms with E-state index in [2.05, 4.69) is 10.1 Å². The number of carbonyl (C=O) groups excluding carboxylic acids is 1. The predicted molar refractivity (Wildman–Crippen MR) is 40.3 cm³/mol. The molecule has 1 aliphatic heterocycles.